The Kier molecular flexibility index (Phi) is 4.49. The van der Waals surface area contributed by atoms with Crippen LogP contribution < -0.4 is 5.32 Å². The number of carboxylic acids is 1. The minimum absolute atomic E-state index is 0.0266. The maximum absolute atomic E-state index is 10.9. The zero-order valence-electron chi connectivity index (χ0n) is 11.2. The molecule has 8 heteroatoms. The molecule has 8 nitrogen and oxygen atoms in total. The third-order valence-electron chi connectivity index (χ3n) is 2.78. The quantitative estimate of drug-likeness (QED) is 0.762. The maximum Gasteiger partial charge on any atom is 0.356 e. The van der Waals surface area contributed by atoms with Gasteiger partial charge in [-0.15, -0.1) is 0 Å². The fourth-order valence-corrected chi connectivity index (χ4v) is 1.75. The van der Waals surface area contributed by atoms with Crippen molar-refractivity contribution in [3.05, 3.63) is 24.3 Å². The number of carboxylic acid groups (broad SMARTS) is 1. The normalized spacial score (nSPS) is 12.5. The Morgan fingerprint density at radius 2 is 2.35 bits per heavy atom. The molecule has 2 aromatic heterocycles. The Hall–Kier alpha value is -2.19. The standard InChI is InChI=1S/C12H16N4O4/c1-19-7-8(20-2)5-14-10-11-15-9(12(17)18)6-16(11)4-3-13-10/h3-4,6,8H,5,7H2,1-2H3,(H,13,14)(H,17,18)/t8-/m1/s1. The van der Waals surface area contributed by atoms with Crippen LogP contribution in [-0.4, -0.2) is 58.9 Å². The van der Waals surface area contributed by atoms with Crippen LogP contribution in [0.25, 0.3) is 5.65 Å². The lowest BCUT2D eigenvalue weighted by Gasteiger charge is -2.15. The number of carbonyl (C=O) groups is 1. The predicted molar refractivity (Wildman–Crippen MR) is 71.1 cm³/mol. The molecule has 0 aromatic carbocycles. The largest absolute Gasteiger partial charge is 0.476 e. The van der Waals surface area contributed by atoms with Crippen LogP contribution in [0.1, 0.15) is 10.5 Å². The van der Waals surface area contributed by atoms with Crippen molar-refractivity contribution in [1.29, 1.82) is 0 Å². The molecule has 20 heavy (non-hydrogen) atoms. The lowest BCUT2D eigenvalue weighted by atomic mass is 10.3. The fraction of sp³-hybridized carbons (Fsp3) is 0.417. The highest BCUT2D eigenvalue weighted by molar-refractivity contribution is 5.86. The first-order valence-corrected chi connectivity index (χ1v) is 5.98. The van der Waals surface area contributed by atoms with E-state index in [9.17, 15) is 4.79 Å². The van der Waals surface area contributed by atoms with Gasteiger partial charge < -0.3 is 24.3 Å². The van der Waals surface area contributed by atoms with Gasteiger partial charge in [-0.05, 0) is 0 Å². The van der Waals surface area contributed by atoms with Crippen molar-refractivity contribution in [3.63, 3.8) is 0 Å². The van der Waals surface area contributed by atoms with E-state index in [1.54, 1.807) is 31.0 Å². The lowest BCUT2D eigenvalue weighted by molar-refractivity contribution is 0.0365. The molecule has 0 saturated heterocycles. The van der Waals surface area contributed by atoms with Crippen molar-refractivity contribution < 1.29 is 19.4 Å². The molecule has 0 fully saturated rings. The van der Waals surface area contributed by atoms with Gasteiger partial charge in [-0.25, -0.2) is 14.8 Å². The first-order chi connectivity index (χ1) is 9.65. The number of hydrogen-bond acceptors (Lipinski definition) is 6. The summed E-state index contributed by atoms with van der Waals surface area (Å²) in [5, 5.41) is 12.0. The molecule has 2 rings (SSSR count). The number of nitrogens with zero attached hydrogens (tertiary/aromatic N) is 3. The number of ether oxygens (including phenoxy) is 2. The maximum atomic E-state index is 10.9. The van der Waals surface area contributed by atoms with Crippen LogP contribution in [0.15, 0.2) is 18.6 Å². The minimum Gasteiger partial charge on any atom is -0.476 e. The van der Waals surface area contributed by atoms with Crippen molar-refractivity contribution in [2.45, 2.75) is 6.10 Å². The van der Waals surface area contributed by atoms with E-state index < -0.39 is 5.97 Å². The molecule has 0 bridgehead atoms. The average molecular weight is 280 g/mol. The molecular weight excluding hydrogens is 264 g/mol. The van der Waals surface area contributed by atoms with E-state index in [4.69, 9.17) is 14.6 Å². The van der Waals surface area contributed by atoms with E-state index in [1.807, 2.05) is 0 Å². The van der Waals surface area contributed by atoms with Gasteiger partial charge in [0.1, 0.15) is 0 Å². The van der Waals surface area contributed by atoms with Crippen LogP contribution >= 0.6 is 0 Å². The van der Waals surface area contributed by atoms with Gasteiger partial charge in [0.15, 0.2) is 17.2 Å². The zero-order valence-corrected chi connectivity index (χ0v) is 11.2. The monoisotopic (exact) mass is 280 g/mol. The van der Waals surface area contributed by atoms with E-state index in [2.05, 4.69) is 15.3 Å². The number of fused-ring (bicyclic) bond motifs is 1. The highest BCUT2D eigenvalue weighted by atomic mass is 16.5. The van der Waals surface area contributed by atoms with Crippen LogP contribution in [0.2, 0.25) is 0 Å². The molecule has 0 spiro atoms. The summed E-state index contributed by atoms with van der Waals surface area (Å²) >= 11 is 0. The second kappa shape index (κ2) is 6.31. The van der Waals surface area contributed by atoms with Crippen molar-refractivity contribution in [2.24, 2.45) is 0 Å². The summed E-state index contributed by atoms with van der Waals surface area (Å²) in [6.07, 6.45) is 4.52. The summed E-state index contributed by atoms with van der Waals surface area (Å²) < 4.78 is 11.9. The Bertz CT molecular complexity index is 598. The van der Waals surface area contributed by atoms with Gasteiger partial charge in [-0.1, -0.05) is 0 Å². The number of rotatable bonds is 7. The number of hydrogen-bond donors (Lipinski definition) is 2. The summed E-state index contributed by atoms with van der Waals surface area (Å²) in [5.41, 5.74) is 0.429. The Morgan fingerprint density at radius 3 is 3.00 bits per heavy atom. The second-order valence-electron chi connectivity index (χ2n) is 4.13. The number of nitrogens with one attached hydrogen (secondary N) is 1. The molecule has 2 N–H and O–H groups in total. The van der Waals surface area contributed by atoms with Gasteiger partial charge in [0.05, 0.1) is 12.7 Å². The molecule has 0 saturated carbocycles. The van der Waals surface area contributed by atoms with Crippen LogP contribution in [0.4, 0.5) is 5.82 Å². The molecule has 0 unspecified atom stereocenters. The van der Waals surface area contributed by atoms with Crippen molar-refractivity contribution in [2.75, 3.05) is 32.7 Å². The first-order valence-electron chi connectivity index (χ1n) is 5.98. The molecule has 0 aliphatic heterocycles. The number of anilines is 1. The highest BCUT2D eigenvalue weighted by Crippen LogP contribution is 2.13. The van der Waals surface area contributed by atoms with E-state index in [-0.39, 0.29) is 11.8 Å². The summed E-state index contributed by atoms with van der Waals surface area (Å²) in [4.78, 5) is 19.1. The lowest BCUT2D eigenvalue weighted by Crippen LogP contribution is -2.27. The van der Waals surface area contributed by atoms with Gasteiger partial charge >= 0.3 is 5.97 Å². The van der Waals surface area contributed by atoms with Crippen LogP contribution in [-0.2, 0) is 9.47 Å². The van der Waals surface area contributed by atoms with Gasteiger partial charge in [0.2, 0.25) is 0 Å². The molecule has 1 atom stereocenters. The minimum atomic E-state index is -1.08. The summed E-state index contributed by atoms with van der Waals surface area (Å²) in [7, 11) is 3.19. The fourth-order valence-electron chi connectivity index (χ4n) is 1.75. The molecule has 2 heterocycles. The summed E-state index contributed by atoms with van der Waals surface area (Å²) in [6.45, 7) is 0.924. The smallest absolute Gasteiger partial charge is 0.356 e. The van der Waals surface area contributed by atoms with Crippen LogP contribution in [0.3, 0.4) is 0 Å². The van der Waals surface area contributed by atoms with Crippen molar-refractivity contribution >= 4 is 17.4 Å². The molecule has 108 valence electrons. The molecule has 0 radical (unpaired) electrons. The van der Waals surface area contributed by atoms with Gasteiger partial charge in [-0.2, -0.15) is 0 Å². The Balaban J connectivity index is 2.19. The number of imidazole rings is 1. The van der Waals surface area contributed by atoms with Crippen molar-refractivity contribution in [3.8, 4) is 0 Å². The van der Waals surface area contributed by atoms with Crippen molar-refractivity contribution in [1.82, 2.24) is 14.4 Å². The van der Waals surface area contributed by atoms with Crippen LogP contribution in [0.5, 0.6) is 0 Å². The SMILES string of the molecule is COC[C@@H](CNc1nccn2cc(C(=O)O)nc12)OC. The Morgan fingerprint density at radius 1 is 1.55 bits per heavy atom. The number of aromatic nitrogens is 3. The molecule has 0 amide bonds. The van der Waals surface area contributed by atoms with E-state index in [0.717, 1.165) is 0 Å². The third-order valence-corrected chi connectivity index (χ3v) is 2.78. The van der Waals surface area contributed by atoms with E-state index >= 15 is 0 Å². The van der Waals surface area contributed by atoms with Crippen LogP contribution in [0, 0.1) is 0 Å². The van der Waals surface area contributed by atoms with E-state index in [0.29, 0.717) is 24.6 Å². The molecule has 0 aliphatic carbocycles. The second-order valence-corrected chi connectivity index (χ2v) is 4.13. The molecular formula is C12H16N4O4. The first kappa shape index (κ1) is 14.2. The molecule has 0 aliphatic rings. The van der Waals surface area contributed by atoms with Gasteiger partial charge in [0, 0.05) is 39.4 Å². The summed E-state index contributed by atoms with van der Waals surface area (Å²) in [5.74, 6) is -0.577. The zero-order chi connectivity index (χ0) is 14.5. The summed E-state index contributed by atoms with van der Waals surface area (Å²) in [6, 6.07) is 0. The van der Waals surface area contributed by atoms with Gasteiger partial charge in [0.25, 0.3) is 0 Å². The topological polar surface area (TPSA) is 98.0 Å². The highest BCUT2D eigenvalue weighted by Gasteiger charge is 2.13. The molecule has 2 aromatic rings. The van der Waals surface area contributed by atoms with Gasteiger partial charge in [-0.3, -0.25) is 0 Å². The van der Waals surface area contributed by atoms with E-state index in [1.165, 1.54) is 6.20 Å². The third kappa shape index (κ3) is 3.03. The Labute approximate surface area is 115 Å². The number of methoxy groups -OCH3 is 2. The predicted octanol–water partition coefficient (Wildman–Crippen LogP) is 0.501. The average Bonchev–Trinajstić information content (AvgIpc) is 2.88. The number of aromatic carboxylic acids is 1.